The van der Waals surface area contributed by atoms with Gasteiger partial charge in [-0.1, -0.05) is 36.0 Å². The van der Waals surface area contributed by atoms with Gasteiger partial charge in [0.05, 0.1) is 17.7 Å². The first-order valence-electron chi connectivity index (χ1n) is 5.65. The Hall–Kier alpha value is -1.76. The second-order valence-electron chi connectivity index (χ2n) is 3.96. The second-order valence-corrected chi connectivity index (χ2v) is 5.07. The predicted octanol–water partition coefficient (Wildman–Crippen LogP) is 3.76. The highest BCUT2D eigenvalue weighted by Crippen LogP contribution is 2.33. The lowest BCUT2D eigenvalue weighted by Crippen LogP contribution is -1.94. The number of hydrogen-bond acceptors (Lipinski definition) is 3. The molecule has 2 aromatic carbocycles. The normalized spacial score (nSPS) is 11.8. The van der Waals surface area contributed by atoms with Crippen LogP contribution in [0.2, 0.25) is 0 Å². The Bertz CT molecular complexity index is 573. The first kappa shape index (κ1) is 12.7. The van der Waals surface area contributed by atoms with E-state index in [1.165, 1.54) is 0 Å². The average Bonchev–Trinajstić information content (AvgIpc) is 2.39. The zero-order valence-electron chi connectivity index (χ0n) is 10.00. The third-order valence-electron chi connectivity index (χ3n) is 2.56. The Morgan fingerprint density at radius 1 is 1.17 bits per heavy atom. The fraction of sp³-hybridized carbons (Fsp3) is 0.133. The molecule has 2 aromatic rings. The van der Waals surface area contributed by atoms with Crippen molar-refractivity contribution < 1.29 is 5.11 Å². The molecule has 0 saturated carbocycles. The number of benzene rings is 2. The van der Waals surface area contributed by atoms with Gasteiger partial charge in [-0.25, -0.2) is 0 Å². The summed E-state index contributed by atoms with van der Waals surface area (Å²) in [5.41, 5.74) is 1.46. The van der Waals surface area contributed by atoms with Gasteiger partial charge in [0.15, 0.2) is 0 Å². The fourth-order valence-electron chi connectivity index (χ4n) is 1.65. The Morgan fingerprint density at radius 2 is 1.89 bits per heavy atom. The predicted molar refractivity (Wildman–Crippen MR) is 72.4 cm³/mol. The van der Waals surface area contributed by atoms with Crippen LogP contribution in [0.25, 0.3) is 0 Å². The highest BCUT2D eigenvalue weighted by Gasteiger charge is 2.10. The van der Waals surface area contributed by atoms with Crippen molar-refractivity contribution in [1.82, 2.24) is 0 Å². The maximum Gasteiger partial charge on any atom is 0.0992 e. The molecule has 0 aliphatic carbocycles. The minimum atomic E-state index is -0.538. The zero-order chi connectivity index (χ0) is 13.0. The summed E-state index contributed by atoms with van der Waals surface area (Å²) in [6.45, 7) is 1.73. The van der Waals surface area contributed by atoms with E-state index in [1.807, 2.05) is 42.5 Å². The second kappa shape index (κ2) is 5.72. The van der Waals surface area contributed by atoms with E-state index in [9.17, 15) is 5.11 Å². The van der Waals surface area contributed by atoms with Crippen LogP contribution in [0.3, 0.4) is 0 Å². The van der Waals surface area contributed by atoms with Crippen LogP contribution in [0.15, 0.2) is 58.3 Å². The lowest BCUT2D eigenvalue weighted by Gasteiger charge is -2.11. The molecule has 18 heavy (non-hydrogen) atoms. The number of rotatable bonds is 3. The molecule has 0 bridgehead atoms. The molecule has 1 atom stereocenters. The molecule has 0 heterocycles. The van der Waals surface area contributed by atoms with E-state index < -0.39 is 6.10 Å². The molecular formula is C15H13NOS. The van der Waals surface area contributed by atoms with Gasteiger partial charge in [0.1, 0.15) is 0 Å². The summed E-state index contributed by atoms with van der Waals surface area (Å²) in [6.07, 6.45) is -0.538. The van der Waals surface area contributed by atoms with Gasteiger partial charge in [0.25, 0.3) is 0 Å². The fourth-order valence-corrected chi connectivity index (χ4v) is 2.74. The van der Waals surface area contributed by atoms with Crippen molar-refractivity contribution in [1.29, 1.82) is 5.26 Å². The smallest absolute Gasteiger partial charge is 0.0992 e. The third-order valence-corrected chi connectivity index (χ3v) is 3.65. The summed E-state index contributed by atoms with van der Waals surface area (Å²) in [7, 11) is 0. The lowest BCUT2D eigenvalue weighted by molar-refractivity contribution is 0.196. The molecule has 2 rings (SSSR count). The standard InChI is InChI=1S/C15H13NOS/c1-11(17)14-8-7-12(10-16)9-15(14)18-13-5-3-2-4-6-13/h2-9,11,17H,1H3/t11-/m1/s1. The summed E-state index contributed by atoms with van der Waals surface area (Å²) in [5.74, 6) is 0. The molecule has 90 valence electrons. The van der Waals surface area contributed by atoms with Gasteiger partial charge in [0, 0.05) is 9.79 Å². The molecule has 0 spiro atoms. The van der Waals surface area contributed by atoms with Crippen LogP contribution in [0.5, 0.6) is 0 Å². The first-order chi connectivity index (χ1) is 8.70. The average molecular weight is 255 g/mol. The summed E-state index contributed by atoms with van der Waals surface area (Å²) in [6, 6.07) is 17.4. The van der Waals surface area contributed by atoms with E-state index in [-0.39, 0.29) is 0 Å². The minimum Gasteiger partial charge on any atom is -0.389 e. The van der Waals surface area contributed by atoms with Crippen LogP contribution in [-0.4, -0.2) is 5.11 Å². The van der Waals surface area contributed by atoms with Crippen LogP contribution in [-0.2, 0) is 0 Å². The van der Waals surface area contributed by atoms with E-state index in [2.05, 4.69) is 6.07 Å². The number of nitriles is 1. The van der Waals surface area contributed by atoms with Crippen LogP contribution >= 0.6 is 11.8 Å². The van der Waals surface area contributed by atoms with Crippen LogP contribution in [0, 0.1) is 11.3 Å². The Kier molecular flexibility index (Phi) is 4.03. The topological polar surface area (TPSA) is 44.0 Å². The SMILES string of the molecule is C[C@@H](O)c1ccc(C#N)cc1Sc1ccccc1. The molecule has 0 amide bonds. The first-order valence-corrected chi connectivity index (χ1v) is 6.47. The molecule has 0 aliphatic rings. The maximum atomic E-state index is 9.75. The number of aliphatic hydroxyl groups is 1. The molecule has 0 aromatic heterocycles. The van der Waals surface area contributed by atoms with E-state index in [0.29, 0.717) is 5.56 Å². The Morgan fingerprint density at radius 3 is 2.50 bits per heavy atom. The van der Waals surface area contributed by atoms with Gasteiger partial charge in [-0.2, -0.15) is 5.26 Å². The quantitative estimate of drug-likeness (QED) is 0.908. The van der Waals surface area contributed by atoms with Gasteiger partial charge < -0.3 is 5.11 Å². The van der Waals surface area contributed by atoms with Gasteiger partial charge in [0.2, 0.25) is 0 Å². The number of aliphatic hydroxyl groups excluding tert-OH is 1. The largest absolute Gasteiger partial charge is 0.389 e. The van der Waals surface area contributed by atoms with Crippen molar-refractivity contribution in [3.8, 4) is 6.07 Å². The molecule has 0 aliphatic heterocycles. The van der Waals surface area contributed by atoms with Crippen molar-refractivity contribution in [2.75, 3.05) is 0 Å². The van der Waals surface area contributed by atoms with E-state index in [4.69, 9.17) is 5.26 Å². The third kappa shape index (κ3) is 2.92. The van der Waals surface area contributed by atoms with Crippen molar-refractivity contribution in [2.45, 2.75) is 22.8 Å². The van der Waals surface area contributed by atoms with Crippen LogP contribution < -0.4 is 0 Å². The van der Waals surface area contributed by atoms with Crippen molar-refractivity contribution in [2.24, 2.45) is 0 Å². The van der Waals surface area contributed by atoms with Gasteiger partial charge in [-0.15, -0.1) is 0 Å². The number of hydrogen-bond donors (Lipinski definition) is 1. The Balaban J connectivity index is 2.39. The summed E-state index contributed by atoms with van der Waals surface area (Å²) >= 11 is 1.56. The highest BCUT2D eigenvalue weighted by atomic mass is 32.2. The molecule has 3 heteroatoms. The lowest BCUT2D eigenvalue weighted by atomic mass is 10.1. The summed E-state index contributed by atoms with van der Waals surface area (Å²) < 4.78 is 0. The monoisotopic (exact) mass is 255 g/mol. The van der Waals surface area contributed by atoms with Crippen LogP contribution in [0.1, 0.15) is 24.2 Å². The zero-order valence-corrected chi connectivity index (χ0v) is 10.8. The van der Waals surface area contributed by atoms with E-state index in [1.54, 1.807) is 24.8 Å². The molecule has 0 radical (unpaired) electrons. The molecule has 0 fully saturated rings. The minimum absolute atomic E-state index is 0.538. The van der Waals surface area contributed by atoms with E-state index in [0.717, 1.165) is 15.4 Å². The van der Waals surface area contributed by atoms with Crippen molar-refractivity contribution in [3.63, 3.8) is 0 Å². The molecular weight excluding hydrogens is 242 g/mol. The van der Waals surface area contributed by atoms with Gasteiger partial charge >= 0.3 is 0 Å². The summed E-state index contributed by atoms with van der Waals surface area (Å²) in [4.78, 5) is 2.02. The van der Waals surface area contributed by atoms with Crippen molar-refractivity contribution in [3.05, 3.63) is 59.7 Å². The van der Waals surface area contributed by atoms with Crippen LogP contribution in [0.4, 0.5) is 0 Å². The van der Waals surface area contributed by atoms with Gasteiger partial charge in [-0.3, -0.25) is 0 Å². The van der Waals surface area contributed by atoms with E-state index >= 15 is 0 Å². The molecule has 1 N–H and O–H groups in total. The maximum absolute atomic E-state index is 9.75. The molecule has 2 nitrogen and oxygen atoms in total. The summed E-state index contributed by atoms with van der Waals surface area (Å²) in [5, 5.41) is 18.7. The van der Waals surface area contributed by atoms with Crippen molar-refractivity contribution >= 4 is 11.8 Å². The molecule has 0 unspecified atom stereocenters. The molecule has 0 saturated heterocycles. The number of nitrogens with zero attached hydrogens (tertiary/aromatic N) is 1. The highest BCUT2D eigenvalue weighted by molar-refractivity contribution is 7.99. The Labute approximate surface area is 111 Å². The van der Waals surface area contributed by atoms with Gasteiger partial charge in [-0.05, 0) is 36.8 Å².